The van der Waals surface area contributed by atoms with Gasteiger partial charge in [-0.25, -0.2) is 4.98 Å². The fourth-order valence-corrected chi connectivity index (χ4v) is 4.69. The van der Waals surface area contributed by atoms with Gasteiger partial charge in [0.15, 0.2) is 12.3 Å². The summed E-state index contributed by atoms with van der Waals surface area (Å²) in [6.07, 6.45) is 2.14. The lowest BCUT2D eigenvalue weighted by atomic mass is 9.87. The van der Waals surface area contributed by atoms with Crippen LogP contribution in [0.15, 0.2) is 83.5 Å². The number of rotatable bonds is 6. The third-order valence-corrected chi connectivity index (χ3v) is 6.72. The molecule has 0 fully saturated rings. The van der Waals surface area contributed by atoms with Crippen molar-refractivity contribution in [3.05, 3.63) is 113 Å². The maximum atomic E-state index is 12.8. The second kappa shape index (κ2) is 10.3. The van der Waals surface area contributed by atoms with Gasteiger partial charge in [0.25, 0.3) is 5.91 Å². The summed E-state index contributed by atoms with van der Waals surface area (Å²) in [5, 5.41) is 0. The Labute approximate surface area is 216 Å². The molecule has 1 aromatic heterocycles. The van der Waals surface area contributed by atoms with Crippen molar-refractivity contribution in [1.82, 2.24) is 9.88 Å². The second-order valence-electron chi connectivity index (χ2n) is 9.25. The van der Waals surface area contributed by atoms with Crippen molar-refractivity contribution in [2.45, 2.75) is 32.9 Å². The predicted molar refractivity (Wildman–Crippen MR) is 141 cm³/mol. The highest BCUT2D eigenvalue weighted by atomic mass is 16.5. The van der Waals surface area contributed by atoms with E-state index in [-0.39, 0.29) is 30.2 Å². The quantitative estimate of drug-likeness (QED) is 0.361. The molecule has 5 rings (SSSR count). The molecule has 7 heteroatoms. The number of aromatic nitrogens is 1. The van der Waals surface area contributed by atoms with Gasteiger partial charge in [-0.2, -0.15) is 0 Å². The first-order valence-corrected chi connectivity index (χ1v) is 12.3. The normalized spacial score (nSPS) is 14.7. The molecule has 0 bridgehead atoms. The summed E-state index contributed by atoms with van der Waals surface area (Å²) in [5.74, 6) is 0.733. The number of nitrogens with zero attached hydrogens (tertiary/aromatic N) is 3. The number of amides is 2. The van der Waals surface area contributed by atoms with E-state index in [1.54, 1.807) is 14.0 Å². The maximum absolute atomic E-state index is 12.8. The molecule has 1 aliphatic rings. The number of oxazole rings is 1. The zero-order chi connectivity index (χ0) is 25.9. The molecule has 1 aliphatic heterocycles. The number of anilines is 1. The molecular formula is C30H29N3O4. The first-order valence-electron chi connectivity index (χ1n) is 12.3. The zero-order valence-electron chi connectivity index (χ0n) is 21.2. The van der Waals surface area contributed by atoms with Crippen molar-refractivity contribution in [3.8, 4) is 5.75 Å². The van der Waals surface area contributed by atoms with Crippen molar-refractivity contribution in [2.24, 2.45) is 0 Å². The van der Waals surface area contributed by atoms with E-state index in [1.807, 2.05) is 47.4 Å². The van der Waals surface area contributed by atoms with Crippen LogP contribution in [0.1, 0.15) is 51.6 Å². The van der Waals surface area contributed by atoms with Crippen LogP contribution < -0.4 is 9.64 Å². The molecule has 37 heavy (non-hydrogen) atoms. The topological polar surface area (TPSA) is 75.9 Å². The maximum Gasteiger partial charge on any atom is 0.279 e. The second-order valence-corrected chi connectivity index (χ2v) is 9.25. The fourth-order valence-electron chi connectivity index (χ4n) is 4.69. The SMILES string of the molecule is CC(=O)N1CCc2ccc(OCc3nc(C(=O)N(C)c4ccccc4)co3)cc2C1c1ccc(C)cc1. The van der Waals surface area contributed by atoms with E-state index < -0.39 is 0 Å². The van der Waals surface area contributed by atoms with Crippen LogP contribution in [-0.2, 0) is 17.8 Å². The molecule has 188 valence electrons. The van der Waals surface area contributed by atoms with E-state index in [9.17, 15) is 9.59 Å². The van der Waals surface area contributed by atoms with Crippen molar-refractivity contribution in [1.29, 1.82) is 0 Å². The van der Waals surface area contributed by atoms with Crippen LogP contribution in [0.5, 0.6) is 5.75 Å². The Morgan fingerprint density at radius 2 is 1.84 bits per heavy atom. The molecule has 1 unspecified atom stereocenters. The van der Waals surface area contributed by atoms with Gasteiger partial charge in [0.2, 0.25) is 11.8 Å². The Kier molecular flexibility index (Phi) is 6.77. The van der Waals surface area contributed by atoms with Crippen molar-refractivity contribution in [3.63, 3.8) is 0 Å². The van der Waals surface area contributed by atoms with Crippen LogP contribution in [0.3, 0.4) is 0 Å². The summed E-state index contributed by atoms with van der Waals surface area (Å²) in [7, 11) is 1.70. The number of para-hydroxylation sites is 1. The van der Waals surface area contributed by atoms with Crippen LogP contribution in [0.4, 0.5) is 5.69 Å². The van der Waals surface area contributed by atoms with Gasteiger partial charge in [-0.05, 0) is 54.3 Å². The summed E-state index contributed by atoms with van der Waals surface area (Å²) in [4.78, 5) is 33.1. The average Bonchev–Trinajstić information content (AvgIpc) is 3.40. The summed E-state index contributed by atoms with van der Waals surface area (Å²) < 4.78 is 11.5. The number of hydrogen-bond donors (Lipinski definition) is 0. The minimum atomic E-state index is -0.264. The van der Waals surface area contributed by atoms with Gasteiger partial charge in [0.1, 0.15) is 12.0 Å². The Hall–Kier alpha value is -4.39. The van der Waals surface area contributed by atoms with Gasteiger partial charge < -0.3 is 19.0 Å². The highest BCUT2D eigenvalue weighted by Crippen LogP contribution is 2.37. The lowest BCUT2D eigenvalue weighted by molar-refractivity contribution is -0.130. The minimum absolute atomic E-state index is 0.0417. The zero-order valence-corrected chi connectivity index (χ0v) is 21.2. The first kappa shape index (κ1) is 24.3. The van der Waals surface area contributed by atoms with Crippen LogP contribution in [0.2, 0.25) is 0 Å². The summed E-state index contributed by atoms with van der Waals surface area (Å²) in [6, 6.07) is 23.5. The Bertz CT molecular complexity index is 1410. The average molecular weight is 496 g/mol. The molecule has 0 saturated carbocycles. The van der Waals surface area contributed by atoms with Gasteiger partial charge in [0.05, 0.1) is 6.04 Å². The molecule has 0 spiro atoms. The van der Waals surface area contributed by atoms with Crippen LogP contribution in [0, 0.1) is 6.92 Å². The van der Waals surface area contributed by atoms with Crippen LogP contribution in [-0.4, -0.2) is 35.3 Å². The highest BCUT2D eigenvalue weighted by molar-refractivity contribution is 6.04. The third-order valence-electron chi connectivity index (χ3n) is 6.72. The van der Waals surface area contributed by atoms with E-state index in [2.05, 4.69) is 42.2 Å². The first-order chi connectivity index (χ1) is 17.9. The molecule has 0 aliphatic carbocycles. The third kappa shape index (κ3) is 5.11. The number of benzene rings is 3. The molecule has 3 aromatic carbocycles. The monoisotopic (exact) mass is 495 g/mol. The van der Waals surface area contributed by atoms with E-state index in [0.717, 1.165) is 23.2 Å². The molecule has 1 atom stereocenters. The number of ether oxygens (including phenoxy) is 1. The molecular weight excluding hydrogens is 466 g/mol. The molecule has 0 radical (unpaired) electrons. The number of fused-ring (bicyclic) bond motifs is 1. The number of carbonyl (C=O) groups excluding carboxylic acids is 2. The molecule has 7 nitrogen and oxygen atoms in total. The standard InChI is InChI=1S/C30H29N3O4/c1-20-9-11-23(12-10-20)29-26-17-25(14-13-22(26)15-16-33(29)21(2)34)36-19-28-31-27(18-37-28)30(35)32(3)24-7-5-4-6-8-24/h4-14,17-18,29H,15-16,19H2,1-3H3. The fraction of sp³-hybridized carbons (Fsp3) is 0.233. The van der Waals surface area contributed by atoms with Gasteiger partial charge in [-0.15, -0.1) is 0 Å². The van der Waals surface area contributed by atoms with Crippen molar-refractivity contribution in [2.75, 3.05) is 18.5 Å². The van der Waals surface area contributed by atoms with Crippen LogP contribution >= 0.6 is 0 Å². The van der Waals surface area contributed by atoms with Gasteiger partial charge in [-0.3, -0.25) is 9.59 Å². The number of aryl methyl sites for hydroxylation is 1. The van der Waals surface area contributed by atoms with E-state index >= 15 is 0 Å². The Balaban J connectivity index is 1.34. The summed E-state index contributed by atoms with van der Waals surface area (Å²) >= 11 is 0. The smallest absolute Gasteiger partial charge is 0.279 e. The van der Waals surface area contributed by atoms with E-state index in [4.69, 9.17) is 9.15 Å². The Morgan fingerprint density at radius 3 is 2.57 bits per heavy atom. The van der Waals surface area contributed by atoms with Crippen molar-refractivity contribution < 1.29 is 18.7 Å². The van der Waals surface area contributed by atoms with Gasteiger partial charge >= 0.3 is 0 Å². The molecule has 0 N–H and O–H groups in total. The minimum Gasteiger partial charge on any atom is -0.484 e. The van der Waals surface area contributed by atoms with Crippen molar-refractivity contribution >= 4 is 17.5 Å². The van der Waals surface area contributed by atoms with Gasteiger partial charge in [-0.1, -0.05) is 54.1 Å². The van der Waals surface area contributed by atoms with Crippen LogP contribution in [0.25, 0.3) is 0 Å². The lowest BCUT2D eigenvalue weighted by Gasteiger charge is -2.37. The highest BCUT2D eigenvalue weighted by Gasteiger charge is 2.31. The predicted octanol–water partition coefficient (Wildman–Crippen LogP) is 5.33. The van der Waals surface area contributed by atoms with E-state index in [0.29, 0.717) is 18.2 Å². The molecule has 0 saturated heterocycles. The molecule has 4 aromatic rings. The Morgan fingerprint density at radius 1 is 1.08 bits per heavy atom. The lowest BCUT2D eigenvalue weighted by Crippen LogP contribution is -2.39. The summed E-state index contributed by atoms with van der Waals surface area (Å²) in [5.41, 5.74) is 5.47. The van der Waals surface area contributed by atoms with Gasteiger partial charge in [0, 0.05) is 26.2 Å². The summed E-state index contributed by atoms with van der Waals surface area (Å²) in [6.45, 7) is 4.41. The number of hydrogen-bond acceptors (Lipinski definition) is 5. The molecule has 2 amide bonds. The largest absolute Gasteiger partial charge is 0.484 e. The molecule has 2 heterocycles. The van der Waals surface area contributed by atoms with E-state index in [1.165, 1.54) is 22.3 Å². The number of carbonyl (C=O) groups is 2.